The number of hydrogen-bond acceptors (Lipinski definition) is 4. The minimum Gasteiger partial charge on any atom is -0.480 e. The lowest BCUT2D eigenvalue weighted by molar-refractivity contribution is -0.141. The normalized spacial score (nSPS) is 19.8. The van der Waals surface area contributed by atoms with Gasteiger partial charge >= 0.3 is 5.97 Å². The monoisotopic (exact) mass is 836 g/mol. The van der Waals surface area contributed by atoms with Crippen LogP contribution in [-0.2, 0) is 9.53 Å². The first kappa shape index (κ1) is 23.2. The van der Waals surface area contributed by atoms with Crippen molar-refractivity contribution in [2.75, 3.05) is 32.8 Å². The quantitative estimate of drug-likeness (QED) is 0.374. The molecule has 2 fully saturated rings. The Bertz CT molecular complexity index is 812. The van der Waals surface area contributed by atoms with Crippen LogP contribution in [0.3, 0.4) is 0 Å². The summed E-state index contributed by atoms with van der Waals surface area (Å²) >= 11 is 8.43. The Morgan fingerprint density at radius 3 is 1.86 bits per heavy atom. The van der Waals surface area contributed by atoms with Gasteiger partial charge < -0.3 is 19.6 Å². The number of ether oxygens (including phenoxy) is 1. The van der Waals surface area contributed by atoms with E-state index in [1.165, 1.54) is 4.90 Å². The number of carboxylic acid groups (broad SMARTS) is 1. The lowest BCUT2D eigenvalue weighted by Crippen LogP contribution is -2.42. The highest BCUT2D eigenvalue weighted by Gasteiger charge is 2.37. The molecular weight excluding hydrogens is 820 g/mol. The van der Waals surface area contributed by atoms with E-state index in [1.54, 1.807) is 4.90 Å². The zero-order valence-corrected chi connectivity index (χ0v) is 23.1. The number of hydrogen-bond donors (Lipinski definition) is 1. The van der Waals surface area contributed by atoms with Crippen molar-refractivity contribution in [1.29, 1.82) is 0 Å². The average Bonchev–Trinajstić information content (AvgIpc) is 3.17. The van der Waals surface area contributed by atoms with Gasteiger partial charge in [0.25, 0.3) is 11.8 Å². The molecule has 0 spiro atoms. The molecule has 3 rings (SSSR count). The van der Waals surface area contributed by atoms with E-state index >= 15 is 0 Å². The summed E-state index contributed by atoms with van der Waals surface area (Å²) in [6, 6.07) is -0.788. The zero-order valence-electron chi connectivity index (χ0n) is 14.5. The van der Waals surface area contributed by atoms with Crippen LogP contribution in [0.1, 0.15) is 33.6 Å². The first-order chi connectivity index (χ1) is 13.3. The number of carbonyl (C=O) groups excluding carboxylic acids is 2. The standard InChI is InChI=1S/C17H16I4N2O5/c18-11-9(15(24)22-4-6-28-7-5-22)12(19)14(21)10(13(11)20)16(25)23-3-1-2-8(23)17(26)27/h8H,1-7H2,(H,26,27)/t8-/m0/s1. The molecule has 0 bridgehead atoms. The van der Waals surface area contributed by atoms with Gasteiger partial charge in [-0.2, -0.15) is 0 Å². The largest absolute Gasteiger partial charge is 0.480 e. The number of carbonyl (C=O) groups is 3. The fourth-order valence-electron chi connectivity index (χ4n) is 3.34. The fourth-order valence-corrected chi connectivity index (χ4v) is 7.45. The average molecular weight is 836 g/mol. The molecule has 152 valence electrons. The Morgan fingerprint density at radius 2 is 1.36 bits per heavy atom. The first-order valence-electron chi connectivity index (χ1n) is 8.52. The van der Waals surface area contributed by atoms with Crippen molar-refractivity contribution in [3.63, 3.8) is 0 Å². The third-order valence-corrected chi connectivity index (χ3v) is 11.2. The van der Waals surface area contributed by atoms with E-state index in [-0.39, 0.29) is 11.8 Å². The summed E-state index contributed by atoms with van der Waals surface area (Å²) in [7, 11) is 0. The van der Waals surface area contributed by atoms with Crippen molar-refractivity contribution >= 4 is 108 Å². The van der Waals surface area contributed by atoms with Gasteiger partial charge in [-0.3, -0.25) is 9.59 Å². The lowest BCUT2D eigenvalue weighted by Gasteiger charge is -2.29. The second-order valence-electron chi connectivity index (χ2n) is 6.41. The van der Waals surface area contributed by atoms with Gasteiger partial charge in [0, 0.05) is 33.9 Å². The van der Waals surface area contributed by atoms with E-state index in [2.05, 4.69) is 90.4 Å². The van der Waals surface area contributed by atoms with Crippen molar-refractivity contribution in [3.8, 4) is 0 Å². The molecule has 0 saturated carbocycles. The van der Waals surface area contributed by atoms with Crippen LogP contribution in [-0.4, -0.2) is 71.6 Å². The number of carboxylic acids is 1. The fraction of sp³-hybridized carbons (Fsp3) is 0.471. The smallest absolute Gasteiger partial charge is 0.326 e. The molecule has 0 aliphatic carbocycles. The first-order valence-corrected chi connectivity index (χ1v) is 12.8. The minimum absolute atomic E-state index is 0.0588. The van der Waals surface area contributed by atoms with Crippen molar-refractivity contribution in [1.82, 2.24) is 9.80 Å². The van der Waals surface area contributed by atoms with Gasteiger partial charge in [0.05, 0.1) is 24.3 Å². The Balaban J connectivity index is 2.02. The van der Waals surface area contributed by atoms with E-state index in [9.17, 15) is 19.5 Å². The molecule has 2 heterocycles. The summed E-state index contributed by atoms with van der Waals surface area (Å²) in [6.45, 7) is 2.58. The molecule has 7 nitrogen and oxygen atoms in total. The molecule has 2 aliphatic heterocycles. The van der Waals surface area contributed by atoms with Gasteiger partial charge in [-0.05, 0) is 103 Å². The predicted molar refractivity (Wildman–Crippen MR) is 136 cm³/mol. The van der Waals surface area contributed by atoms with Crippen LogP contribution < -0.4 is 0 Å². The summed E-state index contributed by atoms with van der Waals surface area (Å²) in [6.07, 6.45) is 1.15. The van der Waals surface area contributed by atoms with Gasteiger partial charge in [0.1, 0.15) is 6.04 Å². The maximum absolute atomic E-state index is 13.2. The number of aliphatic carboxylic acids is 1. The number of benzene rings is 1. The summed E-state index contributed by atoms with van der Waals surface area (Å²) < 4.78 is 8.18. The van der Waals surface area contributed by atoms with E-state index in [1.807, 2.05) is 0 Å². The van der Waals surface area contributed by atoms with Crippen LogP contribution in [0.15, 0.2) is 0 Å². The highest BCUT2D eigenvalue weighted by atomic mass is 127. The molecular formula is C17H16I4N2O5. The molecule has 11 heteroatoms. The summed E-state index contributed by atoms with van der Waals surface area (Å²) in [5.74, 6) is -1.31. The predicted octanol–water partition coefficient (Wildman–Crippen LogP) is 3.27. The number of morpholine rings is 1. The van der Waals surface area contributed by atoms with Crippen LogP contribution in [0.4, 0.5) is 0 Å². The van der Waals surface area contributed by atoms with Crippen LogP contribution in [0.25, 0.3) is 0 Å². The van der Waals surface area contributed by atoms with Gasteiger partial charge in [0.15, 0.2) is 0 Å². The van der Waals surface area contributed by atoms with Gasteiger partial charge in [-0.15, -0.1) is 0 Å². The Morgan fingerprint density at radius 1 is 0.857 bits per heavy atom. The third kappa shape index (κ3) is 4.42. The number of amides is 2. The number of halogens is 4. The van der Waals surface area contributed by atoms with E-state index < -0.39 is 12.0 Å². The molecule has 0 aromatic heterocycles. The second-order valence-corrected chi connectivity index (χ2v) is 10.7. The Kier molecular flexibility index (Phi) is 8.08. The second kappa shape index (κ2) is 9.76. The number of rotatable bonds is 3. The molecule has 1 atom stereocenters. The molecule has 2 saturated heterocycles. The maximum Gasteiger partial charge on any atom is 0.326 e. The Hall–Kier alpha value is 0.510. The maximum atomic E-state index is 13.2. The molecule has 1 N–H and O–H groups in total. The third-order valence-electron chi connectivity index (χ3n) is 4.79. The Labute approximate surface area is 216 Å². The zero-order chi connectivity index (χ0) is 20.6. The van der Waals surface area contributed by atoms with E-state index in [0.717, 1.165) is 7.14 Å². The van der Waals surface area contributed by atoms with Crippen molar-refractivity contribution < 1.29 is 24.2 Å². The van der Waals surface area contributed by atoms with Crippen molar-refractivity contribution in [2.45, 2.75) is 18.9 Å². The van der Waals surface area contributed by atoms with Crippen molar-refractivity contribution in [2.24, 2.45) is 0 Å². The van der Waals surface area contributed by atoms with Gasteiger partial charge in [0.2, 0.25) is 0 Å². The number of likely N-dealkylation sites (tertiary alicyclic amines) is 1. The summed E-state index contributed by atoms with van der Waals surface area (Å²) in [4.78, 5) is 41.1. The summed E-state index contributed by atoms with van der Waals surface area (Å²) in [5, 5.41) is 9.43. The molecule has 0 unspecified atom stereocenters. The van der Waals surface area contributed by atoms with Crippen LogP contribution in [0.2, 0.25) is 0 Å². The summed E-state index contributed by atoms with van der Waals surface area (Å²) in [5.41, 5.74) is 1.09. The van der Waals surface area contributed by atoms with Gasteiger partial charge in [-0.25, -0.2) is 4.79 Å². The molecule has 2 aliphatic rings. The molecule has 1 aromatic rings. The van der Waals surface area contributed by atoms with Crippen molar-refractivity contribution in [3.05, 3.63) is 25.4 Å². The van der Waals surface area contributed by atoms with E-state index in [4.69, 9.17) is 4.74 Å². The lowest BCUT2D eigenvalue weighted by atomic mass is 10.1. The van der Waals surface area contributed by atoms with E-state index in [0.29, 0.717) is 64.0 Å². The topological polar surface area (TPSA) is 87.2 Å². The minimum atomic E-state index is -0.973. The van der Waals surface area contributed by atoms with Crippen LogP contribution >= 0.6 is 90.4 Å². The highest BCUT2D eigenvalue weighted by Crippen LogP contribution is 2.35. The number of nitrogens with zero attached hydrogens (tertiary/aromatic N) is 2. The SMILES string of the molecule is O=C(O)[C@@H]1CCCN1C(=O)c1c(I)c(I)c(C(=O)N2CCOCC2)c(I)c1I. The molecule has 1 aromatic carbocycles. The highest BCUT2D eigenvalue weighted by molar-refractivity contribution is 14.1. The molecule has 28 heavy (non-hydrogen) atoms. The molecule has 2 amide bonds. The van der Waals surface area contributed by atoms with Crippen LogP contribution in [0, 0.1) is 14.3 Å². The molecule has 0 radical (unpaired) electrons. The van der Waals surface area contributed by atoms with Gasteiger partial charge in [-0.1, -0.05) is 0 Å². The van der Waals surface area contributed by atoms with Crippen LogP contribution in [0.5, 0.6) is 0 Å².